The van der Waals surface area contributed by atoms with Crippen molar-refractivity contribution in [2.24, 2.45) is 0 Å². The summed E-state index contributed by atoms with van der Waals surface area (Å²) in [5.41, 5.74) is 0. The highest BCUT2D eigenvalue weighted by atomic mass is 13.8. The number of unbranched alkanes of at least 4 members (excludes halogenated alkanes) is 2. The second-order valence-corrected chi connectivity index (χ2v) is 1.81. The first-order valence-corrected chi connectivity index (χ1v) is 3.19. The van der Waals surface area contributed by atoms with Crippen LogP contribution in [0.25, 0.3) is 0 Å². The van der Waals surface area contributed by atoms with Crippen LogP contribution in [0.15, 0.2) is 24.8 Å². The maximum Gasteiger partial charge on any atom is -0.0348 e. The van der Waals surface area contributed by atoms with Gasteiger partial charge in [-0.05, 0) is 6.42 Å². The lowest BCUT2D eigenvalue weighted by Gasteiger charge is -1.84. The summed E-state index contributed by atoms with van der Waals surface area (Å²) in [6.07, 6.45) is 9.73. The zero-order chi connectivity index (χ0) is 6.24. The zero-order valence-corrected chi connectivity index (χ0v) is 5.56. The van der Waals surface area contributed by atoms with Crippen LogP contribution in [0.3, 0.4) is 0 Å². The van der Waals surface area contributed by atoms with Gasteiger partial charge in [-0.3, -0.25) is 0 Å². The van der Waals surface area contributed by atoms with Crippen molar-refractivity contribution >= 4 is 0 Å². The predicted octanol–water partition coefficient (Wildman–Crippen LogP) is 2.92. The van der Waals surface area contributed by atoms with Crippen molar-refractivity contribution in [1.82, 2.24) is 0 Å². The fraction of sp³-hybridized carbons (Fsp3) is 0.500. The normalized spacial score (nSPS) is 10.1. The number of hydrogen-bond acceptors (Lipinski definition) is 0. The molecule has 0 aliphatic rings. The Morgan fingerprint density at radius 2 is 2.25 bits per heavy atom. The molecular weight excluding hydrogens is 96.1 g/mol. The van der Waals surface area contributed by atoms with Gasteiger partial charge in [0.25, 0.3) is 0 Å². The van der Waals surface area contributed by atoms with E-state index in [-0.39, 0.29) is 0 Å². The maximum absolute atomic E-state index is 3.57. The molecule has 0 nitrogen and oxygen atoms in total. The lowest BCUT2D eigenvalue weighted by Crippen LogP contribution is -1.64. The molecule has 0 N–H and O–H groups in total. The number of rotatable bonds is 4. The SMILES string of the molecule is C=CC=CCCCC. The first-order chi connectivity index (χ1) is 3.91. The predicted molar refractivity (Wildman–Crippen MR) is 38.9 cm³/mol. The van der Waals surface area contributed by atoms with Crippen LogP contribution in [-0.2, 0) is 0 Å². The van der Waals surface area contributed by atoms with Crippen molar-refractivity contribution in [2.75, 3.05) is 0 Å². The molecule has 0 aliphatic carbocycles. The molecule has 0 rings (SSSR count). The zero-order valence-electron chi connectivity index (χ0n) is 5.56. The molecule has 0 aromatic carbocycles. The van der Waals surface area contributed by atoms with Crippen molar-refractivity contribution in [3.05, 3.63) is 24.8 Å². The van der Waals surface area contributed by atoms with Gasteiger partial charge in [0.2, 0.25) is 0 Å². The van der Waals surface area contributed by atoms with E-state index in [2.05, 4.69) is 19.6 Å². The van der Waals surface area contributed by atoms with E-state index in [1.807, 2.05) is 12.2 Å². The van der Waals surface area contributed by atoms with Gasteiger partial charge in [-0.15, -0.1) is 0 Å². The van der Waals surface area contributed by atoms with Gasteiger partial charge in [0.15, 0.2) is 0 Å². The van der Waals surface area contributed by atoms with Crippen LogP contribution in [0.5, 0.6) is 0 Å². The summed E-state index contributed by atoms with van der Waals surface area (Å²) in [6.45, 7) is 5.77. The van der Waals surface area contributed by atoms with Crippen LogP contribution in [0.2, 0.25) is 0 Å². The molecular formula is C8H14. The first-order valence-electron chi connectivity index (χ1n) is 3.19. The van der Waals surface area contributed by atoms with E-state index in [1.54, 1.807) is 0 Å². The molecule has 0 spiro atoms. The Kier molecular flexibility index (Phi) is 6.06. The molecule has 0 saturated carbocycles. The molecule has 46 valence electrons. The van der Waals surface area contributed by atoms with Crippen molar-refractivity contribution in [3.63, 3.8) is 0 Å². The van der Waals surface area contributed by atoms with Crippen LogP contribution in [-0.4, -0.2) is 0 Å². The lowest BCUT2D eigenvalue weighted by atomic mass is 10.2. The molecule has 0 heterocycles. The highest BCUT2D eigenvalue weighted by Crippen LogP contribution is 1.93. The molecule has 0 aromatic rings. The van der Waals surface area contributed by atoms with Crippen LogP contribution < -0.4 is 0 Å². The van der Waals surface area contributed by atoms with Crippen molar-refractivity contribution in [2.45, 2.75) is 26.2 Å². The van der Waals surface area contributed by atoms with E-state index < -0.39 is 0 Å². The molecule has 0 bridgehead atoms. The van der Waals surface area contributed by atoms with E-state index in [0.717, 1.165) is 0 Å². The van der Waals surface area contributed by atoms with Gasteiger partial charge in [-0.25, -0.2) is 0 Å². The summed E-state index contributed by atoms with van der Waals surface area (Å²) < 4.78 is 0. The number of allylic oxidation sites excluding steroid dienone is 3. The molecule has 0 aromatic heterocycles. The monoisotopic (exact) mass is 110 g/mol. The summed E-state index contributed by atoms with van der Waals surface area (Å²) in [5, 5.41) is 0. The summed E-state index contributed by atoms with van der Waals surface area (Å²) in [5.74, 6) is 0. The first kappa shape index (κ1) is 7.48. The Morgan fingerprint density at radius 3 is 2.75 bits per heavy atom. The van der Waals surface area contributed by atoms with Crippen molar-refractivity contribution < 1.29 is 0 Å². The molecule has 0 fully saturated rings. The second-order valence-electron chi connectivity index (χ2n) is 1.81. The smallest absolute Gasteiger partial charge is 0.0348 e. The van der Waals surface area contributed by atoms with Gasteiger partial charge in [-0.2, -0.15) is 0 Å². The van der Waals surface area contributed by atoms with E-state index >= 15 is 0 Å². The third-order valence-electron chi connectivity index (χ3n) is 0.997. The van der Waals surface area contributed by atoms with Crippen molar-refractivity contribution in [1.29, 1.82) is 0 Å². The van der Waals surface area contributed by atoms with Crippen LogP contribution >= 0.6 is 0 Å². The second kappa shape index (κ2) is 6.48. The molecule has 0 saturated heterocycles. The Labute approximate surface area is 51.9 Å². The average molecular weight is 110 g/mol. The minimum Gasteiger partial charge on any atom is -0.0991 e. The van der Waals surface area contributed by atoms with Crippen LogP contribution in [0.4, 0.5) is 0 Å². The van der Waals surface area contributed by atoms with Gasteiger partial charge >= 0.3 is 0 Å². The average Bonchev–Trinajstić information content (AvgIpc) is 1.81. The molecule has 0 radical (unpaired) electrons. The summed E-state index contributed by atoms with van der Waals surface area (Å²) in [6, 6.07) is 0. The topological polar surface area (TPSA) is 0 Å². The minimum atomic E-state index is 1.20. The maximum atomic E-state index is 3.57. The third kappa shape index (κ3) is 5.48. The number of hydrogen-bond donors (Lipinski definition) is 0. The fourth-order valence-corrected chi connectivity index (χ4v) is 0.514. The van der Waals surface area contributed by atoms with Gasteiger partial charge in [0.1, 0.15) is 0 Å². The Bertz CT molecular complexity index is 70.1. The molecule has 0 amide bonds. The minimum absolute atomic E-state index is 1.20. The van der Waals surface area contributed by atoms with E-state index in [4.69, 9.17) is 0 Å². The molecule has 0 atom stereocenters. The van der Waals surface area contributed by atoms with Gasteiger partial charge in [0.05, 0.1) is 0 Å². The lowest BCUT2D eigenvalue weighted by molar-refractivity contribution is 0.815. The highest BCUT2D eigenvalue weighted by molar-refractivity contribution is 4.96. The van der Waals surface area contributed by atoms with Gasteiger partial charge in [-0.1, -0.05) is 44.6 Å². The van der Waals surface area contributed by atoms with Crippen LogP contribution in [0, 0.1) is 0 Å². The summed E-state index contributed by atoms with van der Waals surface area (Å²) in [4.78, 5) is 0. The molecule has 0 aliphatic heterocycles. The molecule has 8 heavy (non-hydrogen) atoms. The summed E-state index contributed by atoms with van der Waals surface area (Å²) >= 11 is 0. The van der Waals surface area contributed by atoms with Crippen LogP contribution in [0.1, 0.15) is 26.2 Å². The summed E-state index contributed by atoms with van der Waals surface area (Å²) in [7, 11) is 0. The third-order valence-corrected chi connectivity index (χ3v) is 0.997. The standard InChI is InChI=1S/C8H14/c1-3-5-7-8-6-4-2/h3,5,7H,1,4,6,8H2,2H3. The van der Waals surface area contributed by atoms with Crippen molar-refractivity contribution in [3.8, 4) is 0 Å². The fourth-order valence-electron chi connectivity index (χ4n) is 0.514. The quantitative estimate of drug-likeness (QED) is 0.385. The Morgan fingerprint density at radius 1 is 1.50 bits per heavy atom. The Hall–Kier alpha value is -0.520. The van der Waals surface area contributed by atoms with E-state index in [9.17, 15) is 0 Å². The van der Waals surface area contributed by atoms with Gasteiger partial charge < -0.3 is 0 Å². The van der Waals surface area contributed by atoms with Gasteiger partial charge in [0, 0.05) is 0 Å². The molecule has 0 heteroatoms. The van der Waals surface area contributed by atoms with E-state index in [1.165, 1.54) is 19.3 Å². The largest absolute Gasteiger partial charge is 0.0991 e. The van der Waals surface area contributed by atoms with E-state index in [0.29, 0.717) is 0 Å². The molecule has 0 unspecified atom stereocenters. The highest BCUT2D eigenvalue weighted by Gasteiger charge is 1.73. The Balaban J connectivity index is 2.91.